The molecule has 4 N–H and O–H groups in total. The Morgan fingerprint density at radius 1 is 1.02 bits per heavy atom. The first-order valence-corrected chi connectivity index (χ1v) is 16.3. The van der Waals surface area contributed by atoms with Gasteiger partial charge in [-0.1, -0.05) is 25.5 Å². The zero-order chi connectivity index (χ0) is 31.6. The molecule has 0 amide bonds. The lowest BCUT2D eigenvalue weighted by molar-refractivity contribution is -0.313. The second kappa shape index (κ2) is 12.0. The van der Waals surface area contributed by atoms with Gasteiger partial charge in [-0.25, -0.2) is 0 Å². The Morgan fingerprint density at radius 3 is 2.48 bits per heavy atom. The van der Waals surface area contributed by atoms with E-state index in [1.165, 1.54) is 5.57 Å². The van der Waals surface area contributed by atoms with Crippen LogP contribution in [0.4, 0.5) is 0 Å². The number of hydrogen-bond acceptors (Lipinski definition) is 9. The van der Waals surface area contributed by atoms with Gasteiger partial charge in [-0.05, 0) is 105 Å². The predicted molar refractivity (Wildman–Crippen MR) is 162 cm³/mol. The maximum Gasteiger partial charge on any atom is 0.186 e. The number of fused-ring (bicyclic) bond motifs is 5. The summed E-state index contributed by atoms with van der Waals surface area (Å²) in [5.41, 5.74) is 2.40. The lowest BCUT2D eigenvalue weighted by atomic mass is 9.47. The highest BCUT2D eigenvalue weighted by Crippen LogP contribution is 2.69. The number of aliphatic hydroxyl groups excluding tert-OH is 4. The Morgan fingerprint density at radius 2 is 1.80 bits per heavy atom. The third-order valence-electron chi connectivity index (χ3n) is 12.6. The molecule has 244 valence electrons. The van der Waals surface area contributed by atoms with E-state index in [0.717, 1.165) is 62.0 Å². The molecule has 1 saturated heterocycles. The third-order valence-corrected chi connectivity index (χ3v) is 12.6. The van der Waals surface area contributed by atoms with Crippen LogP contribution in [-0.4, -0.2) is 83.8 Å². The molecule has 44 heavy (non-hydrogen) atoms. The zero-order valence-electron chi connectivity index (χ0n) is 26.6. The molecule has 0 spiro atoms. The number of ether oxygens (including phenoxy) is 4. The van der Waals surface area contributed by atoms with Crippen LogP contribution in [0.3, 0.4) is 0 Å². The fraction of sp³-hybridized carbons (Fsp3) is 0.743. The summed E-state index contributed by atoms with van der Waals surface area (Å²) in [5, 5.41) is 40.5. The summed E-state index contributed by atoms with van der Waals surface area (Å²) in [6, 6.07) is 5.94. The average Bonchev–Trinajstić information content (AvgIpc) is 3.34. The molecule has 1 unspecified atom stereocenters. The van der Waals surface area contributed by atoms with E-state index in [-0.39, 0.29) is 34.6 Å². The van der Waals surface area contributed by atoms with Crippen LogP contribution < -0.4 is 9.47 Å². The van der Waals surface area contributed by atoms with Gasteiger partial charge in [0.2, 0.25) is 0 Å². The van der Waals surface area contributed by atoms with Gasteiger partial charge in [0.05, 0.1) is 26.9 Å². The second-order valence-corrected chi connectivity index (χ2v) is 14.5. The highest BCUT2D eigenvalue weighted by Gasteiger charge is 2.62. The van der Waals surface area contributed by atoms with Gasteiger partial charge in [0.25, 0.3) is 0 Å². The van der Waals surface area contributed by atoms with Crippen molar-refractivity contribution in [2.24, 2.45) is 34.5 Å². The summed E-state index contributed by atoms with van der Waals surface area (Å²) in [7, 11) is 3.37. The summed E-state index contributed by atoms with van der Waals surface area (Å²) in [4.78, 5) is 13.4. The lowest BCUT2D eigenvalue weighted by Crippen LogP contribution is -2.60. The van der Waals surface area contributed by atoms with E-state index < -0.39 is 37.3 Å². The van der Waals surface area contributed by atoms with E-state index >= 15 is 0 Å². The molecule has 13 atom stereocenters. The molecule has 1 heterocycles. The van der Waals surface area contributed by atoms with Crippen molar-refractivity contribution in [3.8, 4) is 11.5 Å². The van der Waals surface area contributed by atoms with Crippen LogP contribution in [0.25, 0.3) is 0 Å². The van der Waals surface area contributed by atoms with Gasteiger partial charge >= 0.3 is 0 Å². The molecule has 9 nitrogen and oxygen atoms in total. The highest BCUT2D eigenvalue weighted by atomic mass is 16.7. The highest BCUT2D eigenvalue weighted by molar-refractivity contribution is 5.81. The number of methoxy groups -OCH3 is 2. The molecule has 4 fully saturated rings. The summed E-state index contributed by atoms with van der Waals surface area (Å²) in [6.07, 6.45) is 2.34. The second-order valence-electron chi connectivity index (χ2n) is 14.5. The van der Waals surface area contributed by atoms with Crippen molar-refractivity contribution < 1.29 is 44.2 Å². The van der Waals surface area contributed by atoms with Crippen LogP contribution in [0.1, 0.15) is 77.2 Å². The van der Waals surface area contributed by atoms with Gasteiger partial charge in [-0.3, -0.25) is 4.79 Å². The lowest BCUT2D eigenvalue weighted by Gasteiger charge is -2.58. The maximum atomic E-state index is 13.4. The maximum absolute atomic E-state index is 13.4. The first kappa shape index (κ1) is 32.0. The topological polar surface area (TPSA) is 135 Å². The average molecular weight is 615 g/mol. The van der Waals surface area contributed by atoms with E-state index in [1.54, 1.807) is 21.1 Å². The molecule has 3 saturated carbocycles. The largest absolute Gasteiger partial charge is 0.497 e. The summed E-state index contributed by atoms with van der Waals surface area (Å²) < 4.78 is 23.2. The Balaban J connectivity index is 1.24. The quantitative estimate of drug-likeness (QED) is 0.339. The van der Waals surface area contributed by atoms with Crippen LogP contribution in [0, 0.1) is 34.5 Å². The van der Waals surface area contributed by atoms with E-state index in [1.807, 2.05) is 12.1 Å². The molecule has 1 aromatic rings. The van der Waals surface area contributed by atoms with Crippen molar-refractivity contribution in [2.45, 2.75) is 108 Å². The molecular formula is C35H50O9. The number of benzene rings is 1. The predicted octanol–water partition coefficient (Wildman–Crippen LogP) is 3.75. The molecule has 5 aliphatic rings. The van der Waals surface area contributed by atoms with Crippen LogP contribution in [-0.2, 0) is 14.3 Å². The van der Waals surface area contributed by atoms with Gasteiger partial charge in [-0.2, -0.15) is 0 Å². The fourth-order valence-electron chi connectivity index (χ4n) is 10.3. The molecular weight excluding hydrogens is 564 g/mol. The fourth-order valence-corrected chi connectivity index (χ4v) is 10.3. The molecule has 0 bridgehead atoms. The van der Waals surface area contributed by atoms with Crippen molar-refractivity contribution >= 4 is 5.78 Å². The number of carbonyl (C=O) groups excluding carboxylic acids is 1. The number of allylic oxidation sites excluding steroid dienone is 1. The Kier molecular flexibility index (Phi) is 8.70. The van der Waals surface area contributed by atoms with Crippen LogP contribution >= 0.6 is 0 Å². The van der Waals surface area contributed by atoms with Gasteiger partial charge in [-0.15, -0.1) is 0 Å². The molecule has 4 aliphatic carbocycles. The molecule has 1 aliphatic heterocycles. The molecule has 6 rings (SSSR count). The summed E-state index contributed by atoms with van der Waals surface area (Å²) in [6.45, 7) is 6.06. The summed E-state index contributed by atoms with van der Waals surface area (Å²) >= 11 is 0. The first-order valence-electron chi connectivity index (χ1n) is 16.3. The minimum absolute atomic E-state index is 0.0248. The van der Waals surface area contributed by atoms with Gasteiger partial charge in [0.15, 0.2) is 6.29 Å². The number of carbonyl (C=O) groups is 1. The van der Waals surface area contributed by atoms with Gasteiger partial charge in [0, 0.05) is 11.5 Å². The van der Waals surface area contributed by atoms with E-state index in [9.17, 15) is 25.2 Å². The minimum Gasteiger partial charge on any atom is -0.497 e. The van der Waals surface area contributed by atoms with E-state index in [0.29, 0.717) is 17.8 Å². The number of hydrogen-bond donors (Lipinski definition) is 4. The summed E-state index contributed by atoms with van der Waals surface area (Å²) in [5.74, 6) is 3.25. The van der Waals surface area contributed by atoms with Crippen molar-refractivity contribution in [3.63, 3.8) is 0 Å². The zero-order valence-corrected chi connectivity index (χ0v) is 26.6. The van der Waals surface area contributed by atoms with Crippen molar-refractivity contribution in [1.29, 1.82) is 0 Å². The normalized spacial score (nSPS) is 45.0. The number of aliphatic hydroxyl groups is 4. The monoisotopic (exact) mass is 614 g/mol. The van der Waals surface area contributed by atoms with Crippen molar-refractivity contribution in [1.82, 2.24) is 0 Å². The standard InChI is InChI=1S/C35H50O9/c1-18(37)29-24(23-15-20(41-4)7-9-27(23)42-5)16-26-22-8-6-19-14-21(10-12-34(19,2)25(22)11-13-35(26,29)3)43-33-32(40)31(39)30(38)28(17-36)44-33/h6-7,9,15,21-22,24-26,28-33,36,38-40H,8,10-14,16-17H2,1-5H3/t21-,22+,24?,25-,26-,28+,29-,30-,31-,32+,33+,34-,35-/m0/s1. The smallest absolute Gasteiger partial charge is 0.186 e. The third kappa shape index (κ3) is 5.03. The van der Waals surface area contributed by atoms with Crippen LogP contribution in [0.15, 0.2) is 29.8 Å². The van der Waals surface area contributed by atoms with Gasteiger partial charge < -0.3 is 39.4 Å². The van der Waals surface area contributed by atoms with Crippen LogP contribution in [0.2, 0.25) is 0 Å². The Bertz CT molecular complexity index is 1260. The number of ketones is 1. The molecule has 0 radical (unpaired) electrons. The number of rotatable bonds is 7. The minimum atomic E-state index is -1.45. The Hall–Kier alpha value is -2.01. The van der Waals surface area contributed by atoms with E-state index in [2.05, 4.69) is 26.0 Å². The molecule has 0 aromatic heterocycles. The van der Waals surface area contributed by atoms with Crippen molar-refractivity contribution in [2.75, 3.05) is 20.8 Å². The molecule has 9 heteroatoms. The van der Waals surface area contributed by atoms with Gasteiger partial charge in [0.1, 0.15) is 41.7 Å². The van der Waals surface area contributed by atoms with Crippen molar-refractivity contribution in [3.05, 3.63) is 35.4 Å². The SMILES string of the molecule is COc1ccc(OC)c(C2C[C@H]3[C@@H]4CC=C5C[C@@H](O[C@@H]6O[C@H](CO)[C@H](O)[C@H](O)[C@H]6O)CC[C@]5(C)[C@H]4CC[C@]3(C)[C@H]2C(C)=O)c1. The first-order chi connectivity index (χ1) is 21.0. The van der Waals surface area contributed by atoms with Crippen LogP contribution in [0.5, 0.6) is 11.5 Å². The number of Topliss-reactive ketones (excluding diaryl/α,β-unsaturated/α-hetero) is 1. The van der Waals surface area contributed by atoms with E-state index in [4.69, 9.17) is 18.9 Å². The Labute approximate surface area is 260 Å². The molecule has 1 aromatic carbocycles.